The number of carbonyl (C=O) groups is 1. The summed E-state index contributed by atoms with van der Waals surface area (Å²) in [5.41, 5.74) is -0.818. The Kier molecular flexibility index (Phi) is 3.95. The Morgan fingerprint density at radius 1 is 1.50 bits per heavy atom. The van der Waals surface area contributed by atoms with Crippen molar-refractivity contribution in [2.45, 2.75) is 26.4 Å². The van der Waals surface area contributed by atoms with E-state index in [1.54, 1.807) is 4.90 Å². The van der Waals surface area contributed by atoms with Crippen LogP contribution in [0.1, 0.15) is 35.0 Å². The molecular weight excluding hydrogens is 293 g/mol. The minimum absolute atomic E-state index is 0.0637. The van der Waals surface area contributed by atoms with E-state index in [-0.39, 0.29) is 22.2 Å². The topological polar surface area (TPSA) is 33.2 Å². The predicted octanol–water partition coefficient (Wildman–Crippen LogP) is 3.54. The Morgan fingerprint density at radius 3 is 2.60 bits per heavy atom. The molecule has 0 aromatic carbocycles. The van der Waals surface area contributed by atoms with E-state index in [0.29, 0.717) is 19.0 Å². The Morgan fingerprint density at radius 2 is 2.15 bits per heavy atom. The molecule has 0 bridgehead atoms. The van der Waals surface area contributed by atoms with Crippen LogP contribution in [0.5, 0.6) is 0 Å². The number of aromatic nitrogens is 1. The van der Waals surface area contributed by atoms with E-state index >= 15 is 0 Å². The van der Waals surface area contributed by atoms with E-state index in [9.17, 15) is 18.0 Å². The van der Waals surface area contributed by atoms with Crippen LogP contribution in [0, 0.1) is 12.8 Å². The smallest absolute Gasteiger partial charge is 0.338 e. The van der Waals surface area contributed by atoms with Crippen molar-refractivity contribution in [2.24, 2.45) is 5.92 Å². The number of hydrogen-bond acceptors (Lipinski definition) is 2. The van der Waals surface area contributed by atoms with Gasteiger partial charge in [0.05, 0.1) is 5.56 Å². The summed E-state index contributed by atoms with van der Waals surface area (Å²) < 4.78 is 37.8. The molecule has 110 valence electrons. The molecule has 1 saturated heterocycles. The van der Waals surface area contributed by atoms with Gasteiger partial charge in [-0.05, 0) is 30.9 Å². The van der Waals surface area contributed by atoms with Crippen LogP contribution in [0.25, 0.3) is 0 Å². The minimum Gasteiger partial charge on any atom is -0.338 e. The van der Waals surface area contributed by atoms with Crippen LogP contribution in [-0.2, 0) is 6.18 Å². The first-order valence-corrected chi connectivity index (χ1v) is 6.61. The molecule has 1 aliphatic heterocycles. The predicted molar refractivity (Wildman–Crippen MR) is 68.7 cm³/mol. The van der Waals surface area contributed by atoms with E-state index in [4.69, 9.17) is 11.6 Å². The molecule has 1 unspecified atom stereocenters. The molecule has 1 aliphatic rings. The molecule has 1 aromatic heterocycles. The largest absolute Gasteiger partial charge is 0.433 e. The van der Waals surface area contributed by atoms with Gasteiger partial charge in [0.25, 0.3) is 5.91 Å². The van der Waals surface area contributed by atoms with Crippen molar-refractivity contribution in [3.05, 3.63) is 28.0 Å². The van der Waals surface area contributed by atoms with Gasteiger partial charge >= 0.3 is 6.18 Å². The number of hydrogen-bond donors (Lipinski definition) is 0. The van der Waals surface area contributed by atoms with Crippen LogP contribution in [0.2, 0.25) is 5.15 Å². The molecule has 2 rings (SSSR count). The van der Waals surface area contributed by atoms with Crippen LogP contribution in [0.4, 0.5) is 13.2 Å². The van der Waals surface area contributed by atoms with Crippen LogP contribution >= 0.6 is 11.6 Å². The van der Waals surface area contributed by atoms with Gasteiger partial charge in [-0.15, -0.1) is 0 Å². The van der Waals surface area contributed by atoms with Crippen molar-refractivity contribution in [2.75, 3.05) is 13.1 Å². The van der Waals surface area contributed by atoms with Crippen LogP contribution in [0.15, 0.2) is 6.07 Å². The van der Waals surface area contributed by atoms with Gasteiger partial charge in [0.15, 0.2) is 0 Å². The second kappa shape index (κ2) is 5.24. The first-order chi connectivity index (χ1) is 9.20. The van der Waals surface area contributed by atoms with Gasteiger partial charge in [0, 0.05) is 13.1 Å². The third kappa shape index (κ3) is 2.90. The Labute approximate surface area is 119 Å². The average Bonchev–Trinajstić information content (AvgIpc) is 2.73. The lowest BCUT2D eigenvalue weighted by Gasteiger charge is -2.18. The summed E-state index contributed by atoms with van der Waals surface area (Å²) in [6.45, 7) is 4.65. The summed E-state index contributed by atoms with van der Waals surface area (Å²) >= 11 is 5.79. The second-order valence-corrected chi connectivity index (χ2v) is 5.49. The van der Waals surface area contributed by atoms with Crippen LogP contribution in [-0.4, -0.2) is 28.9 Å². The molecule has 7 heteroatoms. The van der Waals surface area contributed by atoms with E-state index in [2.05, 4.69) is 4.98 Å². The molecule has 2 heterocycles. The molecule has 20 heavy (non-hydrogen) atoms. The highest BCUT2D eigenvalue weighted by atomic mass is 35.5. The van der Waals surface area contributed by atoms with Gasteiger partial charge < -0.3 is 4.90 Å². The molecule has 1 atom stereocenters. The third-order valence-corrected chi connectivity index (χ3v) is 3.66. The number of carbonyl (C=O) groups excluding carboxylic acids is 1. The van der Waals surface area contributed by atoms with Crippen molar-refractivity contribution < 1.29 is 18.0 Å². The SMILES string of the molecule is Cc1cc(C(F)(F)F)nc(Cl)c1C(=O)N1CCC(C)C1. The maximum absolute atomic E-state index is 12.6. The number of alkyl halides is 3. The van der Waals surface area contributed by atoms with E-state index in [1.165, 1.54) is 6.92 Å². The molecule has 0 aliphatic carbocycles. The number of likely N-dealkylation sites (tertiary alicyclic amines) is 1. The molecule has 0 N–H and O–H groups in total. The van der Waals surface area contributed by atoms with Crippen molar-refractivity contribution in [3.63, 3.8) is 0 Å². The van der Waals surface area contributed by atoms with Gasteiger partial charge in [0.2, 0.25) is 0 Å². The zero-order chi connectivity index (χ0) is 15.1. The minimum atomic E-state index is -4.57. The Hall–Kier alpha value is -1.30. The number of amides is 1. The van der Waals surface area contributed by atoms with E-state index in [1.807, 2.05) is 6.92 Å². The first-order valence-electron chi connectivity index (χ1n) is 6.23. The van der Waals surface area contributed by atoms with Crippen molar-refractivity contribution in [3.8, 4) is 0 Å². The summed E-state index contributed by atoms with van der Waals surface area (Å²) in [5.74, 6) is 0.0403. The highest BCUT2D eigenvalue weighted by molar-refractivity contribution is 6.32. The fraction of sp³-hybridized carbons (Fsp3) is 0.538. The monoisotopic (exact) mass is 306 g/mol. The lowest BCUT2D eigenvalue weighted by molar-refractivity contribution is -0.141. The van der Waals surface area contributed by atoms with Gasteiger partial charge in [-0.2, -0.15) is 13.2 Å². The molecule has 1 aromatic rings. The maximum Gasteiger partial charge on any atom is 0.433 e. The molecule has 1 amide bonds. The number of halogens is 4. The molecule has 0 saturated carbocycles. The zero-order valence-corrected chi connectivity index (χ0v) is 11.8. The average molecular weight is 307 g/mol. The molecule has 0 radical (unpaired) electrons. The fourth-order valence-electron chi connectivity index (χ4n) is 2.31. The Balaban J connectivity index is 2.36. The molecular formula is C13H14ClF3N2O. The first kappa shape index (κ1) is 15.1. The van der Waals surface area contributed by atoms with Gasteiger partial charge in [-0.25, -0.2) is 4.98 Å². The number of pyridine rings is 1. The van der Waals surface area contributed by atoms with Gasteiger partial charge in [0.1, 0.15) is 10.8 Å². The fourth-order valence-corrected chi connectivity index (χ4v) is 2.63. The molecule has 1 fully saturated rings. The standard InChI is InChI=1S/C13H14ClF3N2O/c1-7-3-4-19(6-7)12(20)10-8(2)5-9(13(15,16)17)18-11(10)14/h5,7H,3-4,6H2,1-2H3. The van der Waals surface area contributed by atoms with Crippen molar-refractivity contribution >= 4 is 17.5 Å². The second-order valence-electron chi connectivity index (χ2n) is 5.13. The van der Waals surface area contributed by atoms with Crippen molar-refractivity contribution in [1.82, 2.24) is 9.88 Å². The summed E-state index contributed by atoms with van der Waals surface area (Å²) in [4.78, 5) is 17.2. The number of rotatable bonds is 1. The quantitative estimate of drug-likeness (QED) is 0.744. The number of aryl methyl sites for hydroxylation is 1. The van der Waals surface area contributed by atoms with Gasteiger partial charge in [-0.3, -0.25) is 4.79 Å². The lowest BCUT2D eigenvalue weighted by atomic mass is 10.1. The zero-order valence-electron chi connectivity index (χ0n) is 11.1. The number of nitrogens with zero attached hydrogens (tertiary/aromatic N) is 2. The van der Waals surface area contributed by atoms with Crippen LogP contribution < -0.4 is 0 Å². The summed E-state index contributed by atoms with van der Waals surface area (Å²) in [6.07, 6.45) is -3.69. The third-order valence-electron chi connectivity index (χ3n) is 3.39. The summed E-state index contributed by atoms with van der Waals surface area (Å²) in [6, 6.07) is 0.860. The summed E-state index contributed by atoms with van der Waals surface area (Å²) in [5, 5.41) is -0.387. The van der Waals surface area contributed by atoms with Crippen molar-refractivity contribution in [1.29, 1.82) is 0 Å². The lowest BCUT2D eigenvalue weighted by Crippen LogP contribution is -2.29. The maximum atomic E-state index is 12.6. The molecule has 0 spiro atoms. The van der Waals surface area contributed by atoms with Crippen LogP contribution in [0.3, 0.4) is 0 Å². The van der Waals surface area contributed by atoms with Gasteiger partial charge in [-0.1, -0.05) is 18.5 Å². The summed E-state index contributed by atoms with van der Waals surface area (Å²) in [7, 11) is 0. The normalized spacial score (nSPS) is 19.5. The highest BCUT2D eigenvalue weighted by Gasteiger charge is 2.35. The highest BCUT2D eigenvalue weighted by Crippen LogP contribution is 2.32. The Bertz CT molecular complexity index is 522. The molecule has 3 nitrogen and oxygen atoms in total. The van der Waals surface area contributed by atoms with E-state index < -0.39 is 11.9 Å². The van der Waals surface area contributed by atoms with E-state index in [0.717, 1.165) is 12.5 Å².